The van der Waals surface area contributed by atoms with E-state index in [9.17, 15) is 4.79 Å². The summed E-state index contributed by atoms with van der Waals surface area (Å²) in [6.07, 6.45) is 3.58. The third-order valence-electron chi connectivity index (χ3n) is 3.17. The van der Waals surface area contributed by atoms with E-state index >= 15 is 0 Å². The molecule has 0 aliphatic carbocycles. The lowest BCUT2D eigenvalue weighted by Crippen LogP contribution is -2.19. The normalized spacial score (nSPS) is 10.4. The van der Waals surface area contributed by atoms with Gasteiger partial charge in [-0.2, -0.15) is 0 Å². The minimum atomic E-state index is -0.186. The monoisotopic (exact) mass is 263 g/mol. The predicted octanol–water partition coefficient (Wildman–Crippen LogP) is 2.66. The Labute approximate surface area is 116 Å². The third kappa shape index (κ3) is 2.12. The molecule has 0 aliphatic rings. The molecule has 0 saturated heterocycles. The molecule has 0 fully saturated rings. The van der Waals surface area contributed by atoms with E-state index in [1.54, 1.807) is 19.3 Å². The van der Waals surface area contributed by atoms with Crippen molar-refractivity contribution in [3.8, 4) is 11.3 Å². The van der Waals surface area contributed by atoms with Gasteiger partial charge in [-0.3, -0.25) is 9.78 Å². The fourth-order valence-corrected chi connectivity index (χ4v) is 2.19. The first-order valence-electron chi connectivity index (χ1n) is 6.32. The van der Waals surface area contributed by atoms with Crippen LogP contribution in [0.4, 0.5) is 0 Å². The molecule has 4 heteroatoms. The zero-order chi connectivity index (χ0) is 13.9. The van der Waals surface area contributed by atoms with Crippen molar-refractivity contribution in [3.63, 3.8) is 0 Å². The first kappa shape index (κ1) is 12.3. The van der Waals surface area contributed by atoms with Crippen LogP contribution in [0.5, 0.6) is 0 Å². The first-order chi connectivity index (χ1) is 9.79. The third-order valence-corrected chi connectivity index (χ3v) is 3.17. The summed E-state index contributed by atoms with van der Waals surface area (Å²) in [5.74, 6) is -0.186. The molecule has 0 unspecified atom stereocenters. The van der Waals surface area contributed by atoms with E-state index in [-0.39, 0.29) is 5.91 Å². The van der Waals surface area contributed by atoms with Gasteiger partial charge in [-0.05, 0) is 23.6 Å². The maximum Gasteiger partial charge on any atom is 0.269 e. The second-order valence-electron chi connectivity index (χ2n) is 4.39. The van der Waals surface area contributed by atoms with Crippen molar-refractivity contribution in [2.45, 2.75) is 0 Å². The Morgan fingerprint density at radius 3 is 2.80 bits per heavy atom. The summed E-state index contributed by atoms with van der Waals surface area (Å²) in [5, 5.41) is 4.71. The van der Waals surface area contributed by atoms with Crippen LogP contribution in [0, 0.1) is 0 Å². The van der Waals surface area contributed by atoms with Crippen LogP contribution in [-0.4, -0.2) is 22.9 Å². The number of fused-ring (bicyclic) bond motifs is 1. The lowest BCUT2D eigenvalue weighted by atomic mass is 10.0. The van der Waals surface area contributed by atoms with Gasteiger partial charge in [0.05, 0.1) is 5.69 Å². The molecule has 4 nitrogen and oxygen atoms in total. The van der Waals surface area contributed by atoms with Gasteiger partial charge < -0.3 is 5.32 Å². The SMILES string of the molecule is CNC(=O)c1cccc(-c2cccc3cnccc23)n1. The fraction of sp³-hybridized carbons (Fsp3) is 0.0625. The Morgan fingerprint density at radius 2 is 1.95 bits per heavy atom. The molecule has 20 heavy (non-hydrogen) atoms. The molecule has 0 spiro atoms. The number of hydrogen-bond acceptors (Lipinski definition) is 3. The molecule has 1 amide bonds. The van der Waals surface area contributed by atoms with Crippen LogP contribution < -0.4 is 5.32 Å². The largest absolute Gasteiger partial charge is 0.354 e. The molecular formula is C16H13N3O. The summed E-state index contributed by atoms with van der Waals surface area (Å²) in [6, 6.07) is 13.4. The highest BCUT2D eigenvalue weighted by atomic mass is 16.1. The fourth-order valence-electron chi connectivity index (χ4n) is 2.19. The van der Waals surface area contributed by atoms with Crippen molar-refractivity contribution in [1.82, 2.24) is 15.3 Å². The molecule has 98 valence electrons. The molecule has 0 radical (unpaired) electrons. The van der Waals surface area contributed by atoms with Crippen molar-refractivity contribution in [3.05, 3.63) is 60.6 Å². The number of hydrogen-bond donors (Lipinski definition) is 1. The second kappa shape index (κ2) is 5.09. The average molecular weight is 263 g/mol. The van der Waals surface area contributed by atoms with E-state index < -0.39 is 0 Å². The molecule has 2 aromatic heterocycles. The maximum atomic E-state index is 11.7. The van der Waals surface area contributed by atoms with Crippen LogP contribution in [-0.2, 0) is 0 Å². The van der Waals surface area contributed by atoms with E-state index in [4.69, 9.17) is 0 Å². The minimum absolute atomic E-state index is 0.186. The number of aromatic nitrogens is 2. The summed E-state index contributed by atoms with van der Waals surface area (Å²) in [6.45, 7) is 0. The van der Waals surface area contributed by atoms with Crippen molar-refractivity contribution in [1.29, 1.82) is 0 Å². The molecule has 3 aromatic rings. The van der Waals surface area contributed by atoms with Crippen molar-refractivity contribution >= 4 is 16.7 Å². The van der Waals surface area contributed by atoms with Gasteiger partial charge in [0, 0.05) is 30.4 Å². The number of amides is 1. The van der Waals surface area contributed by atoms with Crippen LogP contribution in [0.2, 0.25) is 0 Å². The Morgan fingerprint density at radius 1 is 1.10 bits per heavy atom. The molecule has 0 atom stereocenters. The Kier molecular flexibility index (Phi) is 3.13. The number of nitrogens with one attached hydrogen (secondary N) is 1. The smallest absolute Gasteiger partial charge is 0.269 e. The highest BCUT2D eigenvalue weighted by Crippen LogP contribution is 2.26. The summed E-state index contributed by atoms with van der Waals surface area (Å²) >= 11 is 0. The molecule has 0 bridgehead atoms. The molecule has 2 heterocycles. The van der Waals surface area contributed by atoms with E-state index in [1.807, 2.05) is 42.6 Å². The van der Waals surface area contributed by atoms with Crippen molar-refractivity contribution in [2.75, 3.05) is 7.05 Å². The summed E-state index contributed by atoms with van der Waals surface area (Å²) < 4.78 is 0. The molecule has 1 N–H and O–H groups in total. The summed E-state index contributed by atoms with van der Waals surface area (Å²) in [7, 11) is 1.60. The molecule has 1 aromatic carbocycles. The Bertz CT molecular complexity index is 778. The number of pyridine rings is 2. The van der Waals surface area contributed by atoms with Crippen LogP contribution in [0.25, 0.3) is 22.0 Å². The van der Waals surface area contributed by atoms with Gasteiger partial charge in [0.2, 0.25) is 0 Å². The number of carbonyl (C=O) groups is 1. The number of carbonyl (C=O) groups excluding carboxylic acids is 1. The second-order valence-corrected chi connectivity index (χ2v) is 4.39. The predicted molar refractivity (Wildman–Crippen MR) is 78.4 cm³/mol. The quantitative estimate of drug-likeness (QED) is 0.773. The van der Waals surface area contributed by atoms with Gasteiger partial charge in [0.25, 0.3) is 5.91 Å². The standard InChI is InChI=1S/C16H13N3O/c1-17-16(20)15-7-3-6-14(19-15)13-5-2-4-11-10-18-9-8-12(11)13/h2-10H,1H3,(H,17,20). The van der Waals surface area contributed by atoms with Gasteiger partial charge in [0.1, 0.15) is 5.69 Å². The van der Waals surface area contributed by atoms with Gasteiger partial charge in [-0.15, -0.1) is 0 Å². The topological polar surface area (TPSA) is 54.9 Å². The van der Waals surface area contributed by atoms with E-state index in [1.165, 1.54) is 0 Å². The highest BCUT2D eigenvalue weighted by Gasteiger charge is 2.09. The zero-order valence-corrected chi connectivity index (χ0v) is 11.0. The molecule has 0 saturated carbocycles. The van der Waals surface area contributed by atoms with E-state index in [2.05, 4.69) is 15.3 Å². The van der Waals surface area contributed by atoms with Gasteiger partial charge in [-0.25, -0.2) is 4.98 Å². The minimum Gasteiger partial charge on any atom is -0.354 e. The van der Waals surface area contributed by atoms with Crippen LogP contribution in [0.3, 0.4) is 0 Å². The molecule has 3 rings (SSSR count). The zero-order valence-electron chi connectivity index (χ0n) is 11.0. The molecule has 0 aliphatic heterocycles. The van der Waals surface area contributed by atoms with Crippen LogP contribution >= 0.6 is 0 Å². The average Bonchev–Trinajstić information content (AvgIpc) is 2.53. The number of rotatable bonds is 2. The lowest BCUT2D eigenvalue weighted by Gasteiger charge is -2.07. The van der Waals surface area contributed by atoms with Crippen molar-refractivity contribution in [2.24, 2.45) is 0 Å². The molecular weight excluding hydrogens is 250 g/mol. The Balaban J connectivity index is 2.18. The van der Waals surface area contributed by atoms with Gasteiger partial charge >= 0.3 is 0 Å². The summed E-state index contributed by atoms with van der Waals surface area (Å²) in [5.41, 5.74) is 2.19. The van der Waals surface area contributed by atoms with Gasteiger partial charge in [0.15, 0.2) is 0 Å². The summed E-state index contributed by atoms with van der Waals surface area (Å²) in [4.78, 5) is 20.2. The first-order valence-corrected chi connectivity index (χ1v) is 6.32. The Hall–Kier alpha value is -2.75. The van der Waals surface area contributed by atoms with Gasteiger partial charge in [-0.1, -0.05) is 24.3 Å². The van der Waals surface area contributed by atoms with Crippen molar-refractivity contribution < 1.29 is 4.79 Å². The van der Waals surface area contributed by atoms with E-state index in [0.717, 1.165) is 22.0 Å². The highest BCUT2D eigenvalue weighted by molar-refractivity contribution is 5.96. The maximum absolute atomic E-state index is 11.7. The van der Waals surface area contributed by atoms with Crippen LogP contribution in [0.1, 0.15) is 10.5 Å². The number of benzene rings is 1. The van der Waals surface area contributed by atoms with Crippen LogP contribution in [0.15, 0.2) is 54.9 Å². The number of nitrogens with zero attached hydrogens (tertiary/aromatic N) is 2. The van der Waals surface area contributed by atoms with E-state index in [0.29, 0.717) is 5.69 Å². The lowest BCUT2D eigenvalue weighted by molar-refractivity contribution is 0.0958.